The summed E-state index contributed by atoms with van der Waals surface area (Å²) in [6.45, 7) is 1.88. The predicted molar refractivity (Wildman–Crippen MR) is 117 cm³/mol. The van der Waals surface area contributed by atoms with Crippen LogP contribution in [0.25, 0.3) is 10.9 Å². The van der Waals surface area contributed by atoms with Gasteiger partial charge in [0.15, 0.2) is 0 Å². The number of H-pyrrole nitrogens is 1. The maximum absolute atomic E-state index is 12.9. The monoisotopic (exact) mass is 402 g/mol. The number of aromatic amines is 1. The molecule has 154 valence electrons. The van der Waals surface area contributed by atoms with Gasteiger partial charge in [0.1, 0.15) is 0 Å². The van der Waals surface area contributed by atoms with E-state index in [4.69, 9.17) is 5.84 Å². The molecular formula is C24H26N4O2. The Morgan fingerprint density at radius 1 is 1.17 bits per heavy atom. The molecule has 4 N–H and O–H groups in total. The lowest BCUT2D eigenvalue weighted by Gasteiger charge is -2.42. The van der Waals surface area contributed by atoms with E-state index in [2.05, 4.69) is 33.2 Å². The molecule has 3 unspecified atom stereocenters. The standard InChI is InChI=1S/C24H26N4O2/c25-27-22-11-10-19(18-12-26-21-9-5-4-8-17(18)21)24(23(29)30)15-28(14-20(22)24)13-16-6-2-1-3-7-16/h1-9,12,19-20,26H,10-11,13-15,25H2,(H,29,30). The number of carbonyl (C=O) groups is 1. The van der Waals surface area contributed by atoms with Gasteiger partial charge in [-0.3, -0.25) is 9.69 Å². The van der Waals surface area contributed by atoms with Crippen LogP contribution in [0.1, 0.15) is 29.9 Å². The Labute approximate surface area is 175 Å². The summed E-state index contributed by atoms with van der Waals surface area (Å²) in [6.07, 6.45) is 3.47. The van der Waals surface area contributed by atoms with Crippen LogP contribution in [-0.2, 0) is 11.3 Å². The zero-order valence-corrected chi connectivity index (χ0v) is 16.8. The molecule has 30 heavy (non-hydrogen) atoms. The first-order valence-electron chi connectivity index (χ1n) is 10.5. The van der Waals surface area contributed by atoms with Crippen molar-refractivity contribution in [1.82, 2.24) is 9.88 Å². The fourth-order valence-corrected chi connectivity index (χ4v) is 5.74. The van der Waals surface area contributed by atoms with Crippen molar-refractivity contribution < 1.29 is 9.90 Å². The number of carboxylic acid groups (broad SMARTS) is 1. The second kappa shape index (κ2) is 7.29. The molecule has 0 radical (unpaired) electrons. The molecule has 1 aromatic heterocycles. The predicted octanol–water partition coefficient (Wildman–Crippen LogP) is 3.56. The maximum atomic E-state index is 12.9. The molecule has 0 spiro atoms. The zero-order valence-electron chi connectivity index (χ0n) is 16.8. The number of nitrogens with zero attached hydrogens (tertiary/aromatic N) is 2. The quantitative estimate of drug-likeness (QED) is 0.459. The number of rotatable bonds is 4. The zero-order chi connectivity index (χ0) is 20.7. The van der Waals surface area contributed by atoms with Crippen molar-refractivity contribution in [2.75, 3.05) is 13.1 Å². The molecule has 1 saturated carbocycles. The van der Waals surface area contributed by atoms with E-state index in [9.17, 15) is 9.90 Å². The summed E-state index contributed by atoms with van der Waals surface area (Å²) in [7, 11) is 0. The molecule has 5 rings (SSSR count). The van der Waals surface area contributed by atoms with E-state index in [0.717, 1.165) is 41.6 Å². The number of fused-ring (bicyclic) bond motifs is 2. The van der Waals surface area contributed by atoms with Crippen LogP contribution < -0.4 is 5.84 Å². The number of benzene rings is 2. The highest BCUT2D eigenvalue weighted by Gasteiger charge is 2.61. The van der Waals surface area contributed by atoms with E-state index >= 15 is 0 Å². The third kappa shape index (κ3) is 2.82. The van der Waals surface area contributed by atoms with Crippen molar-refractivity contribution in [3.05, 3.63) is 71.9 Å². The Morgan fingerprint density at radius 3 is 2.70 bits per heavy atom. The van der Waals surface area contributed by atoms with Gasteiger partial charge in [0, 0.05) is 54.3 Å². The molecule has 0 amide bonds. The van der Waals surface area contributed by atoms with E-state index < -0.39 is 11.4 Å². The van der Waals surface area contributed by atoms with Crippen LogP contribution >= 0.6 is 0 Å². The average Bonchev–Trinajstić information content (AvgIpc) is 3.36. The van der Waals surface area contributed by atoms with Crippen molar-refractivity contribution in [3.63, 3.8) is 0 Å². The minimum absolute atomic E-state index is 0.0950. The molecule has 2 aliphatic rings. The number of para-hydroxylation sites is 1. The summed E-state index contributed by atoms with van der Waals surface area (Å²) in [4.78, 5) is 18.5. The van der Waals surface area contributed by atoms with Crippen molar-refractivity contribution in [2.45, 2.75) is 25.3 Å². The first kappa shape index (κ1) is 18.9. The summed E-state index contributed by atoms with van der Waals surface area (Å²) in [5, 5.41) is 15.8. The molecular weight excluding hydrogens is 376 g/mol. The summed E-state index contributed by atoms with van der Waals surface area (Å²) in [5.74, 6) is 4.71. The normalized spacial score (nSPS) is 28.1. The minimum atomic E-state index is -0.934. The van der Waals surface area contributed by atoms with Crippen molar-refractivity contribution in [1.29, 1.82) is 0 Å². The summed E-state index contributed by atoms with van der Waals surface area (Å²) < 4.78 is 0. The van der Waals surface area contributed by atoms with Crippen LogP contribution in [0, 0.1) is 11.3 Å². The lowest BCUT2D eigenvalue weighted by Crippen LogP contribution is -2.50. The van der Waals surface area contributed by atoms with Crippen LogP contribution in [0.15, 0.2) is 65.9 Å². The molecule has 1 aliphatic carbocycles. The lowest BCUT2D eigenvalue weighted by molar-refractivity contribution is -0.151. The number of hydrazone groups is 1. The van der Waals surface area contributed by atoms with Crippen LogP contribution in [-0.4, -0.2) is 39.8 Å². The fourth-order valence-electron chi connectivity index (χ4n) is 5.74. The SMILES string of the molecule is NN=C1CCC(c2c[nH]c3ccccc23)C2(C(=O)O)CN(Cc3ccccc3)CC12. The van der Waals surface area contributed by atoms with Gasteiger partial charge in [0.2, 0.25) is 0 Å². The summed E-state index contributed by atoms with van der Waals surface area (Å²) in [6, 6.07) is 18.3. The molecule has 6 nitrogen and oxygen atoms in total. The number of nitrogens with two attached hydrogens (primary N) is 1. The fraction of sp³-hybridized carbons (Fsp3) is 0.333. The number of likely N-dealkylation sites (tertiary alicyclic amines) is 1. The van der Waals surface area contributed by atoms with Gasteiger partial charge in [-0.25, -0.2) is 0 Å². The summed E-state index contributed by atoms with van der Waals surface area (Å²) in [5.41, 5.74) is 3.23. The third-order valence-electron chi connectivity index (χ3n) is 7.07. The Morgan fingerprint density at radius 2 is 1.93 bits per heavy atom. The van der Waals surface area contributed by atoms with Gasteiger partial charge in [-0.05, 0) is 30.0 Å². The minimum Gasteiger partial charge on any atom is -0.481 e. The largest absolute Gasteiger partial charge is 0.481 e. The second-order valence-corrected chi connectivity index (χ2v) is 8.55. The second-order valence-electron chi connectivity index (χ2n) is 8.55. The van der Waals surface area contributed by atoms with Crippen LogP contribution in [0.4, 0.5) is 0 Å². The lowest BCUT2D eigenvalue weighted by atomic mass is 9.59. The highest BCUT2D eigenvalue weighted by molar-refractivity contribution is 5.96. The van der Waals surface area contributed by atoms with Gasteiger partial charge < -0.3 is 15.9 Å². The van der Waals surface area contributed by atoms with Crippen LogP contribution in [0.2, 0.25) is 0 Å². The Bertz CT molecular complexity index is 1110. The van der Waals surface area contributed by atoms with Gasteiger partial charge in [-0.2, -0.15) is 5.10 Å². The first-order valence-corrected chi connectivity index (χ1v) is 10.5. The van der Waals surface area contributed by atoms with Crippen molar-refractivity contribution in [2.24, 2.45) is 22.3 Å². The Kier molecular flexibility index (Phi) is 4.59. The van der Waals surface area contributed by atoms with Gasteiger partial charge in [0.05, 0.1) is 5.41 Å². The Balaban J connectivity index is 1.58. The molecule has 2 aromatic carbocycles. The number of aromatic nitrogens is 1. The number of nitrogens with one attached hydrogen (secondary N) is 1. The number of hydrogen-bond donors (Lipinski definition) is 3. The molecule has 2 heterocycles. The highest BCUT2D eigenvalue weighted by Crippen LogP contribution is 2.55. The van der Waals surface area contributed by atoms with Gasteiger partial charge >= 0.3 is 5.97 Å². The van der Waals surface area contributed by atoms with E-state index in [1.165, 1.54) is 5.56 Å². The van der Waals surface area contributed by atoms with Crippen LogP contribution in [0.3, 0.4) is 0 Å². The molecule has 0 bridgehead atoms. The van der Waals surface area contributed by atoms with E-state index in [-0.39, 0.29) is 11.8 Å². The van der Waals surface area contributed by atoms with Crippen molar-refractivity contribution >= 4 is 22.6 Å². The van der Waals surface area contributed by atoms with E-state index in [1.54, 1.807) is 0 Å². The van der Waals surface area contributed by atoms with Crippen molar-refractivity contribution in [3.8, 4) is 0 Å². The Hall–Kier alpha value is -3.12. The van der Waals surface area contributed by atoms with Gasteiger partial charge in [-0.15, -0.1) is 0 Å². The maximum Gasteiger partial charge on any atom is 0.312 e. The molecule has 6 heteroatoms. The van der Waals surface area contributed by atoms with Gasteiger partial charge in [-0.1, -0.05) is 48.5 Å². The third-order valence-corrected chi connectivity index (χ3v) is 7.07. The average molecular weight is 402 g/mol. The molecule has 3 aromatic rings. The van der Waals surface area contributed by atoms with E-state index in [0.29, 0.717) is 13.1 Å². The van der Waals surface area contributed by atoms with E-state index in [1.807, 2.05) is 42.6 Å². The molecule has 2 fully saturated rings. The first-order chi connectivity index (χ1) is 14.6. The number of carboxylic acids is 1. The van der Waals surface area contributed by atoms with Crippen LogP contribution in [0.5, 0.6) is 0 Å². The van der Waals surface area contributed by atoms with Gasteiger partial charge in [0.25, 0.3) is 0 Å². The smallest absolute Gasteiger partial charge is 0.312 e. The number of hydrogen-bond acceptors (Lipinski definition) is 4. The topological polar surface area (TPSA) is 94.7 Å². The molecule has 3 atom stereocenters. The highest BCUT2D eigenvalue weighted by atomic mass is 16.4. The number of aliphatic carboxylic acids is 1. The molecule has 1 saturated heterocycles. The molecule has 1 aliphatic heterocycles. The summed E-state index contributed by atoms with van der Waals surface area (Å²) >= 11 is 0.